The maximum absolute atomic E-state index is 13.2. The monoisotopic (exact) mass is 398 g/mol. The number of ether oxygens (including phenoxy) is 1. The Morgan fingerprint density at radius 1 is 1.18 bits per heavy atom. The average Bonchev–Trinajstić information content (AvgIpc) is 2.62. The van der Waals surface area contributed by atoms with E-state index >= 15 is 0 Å². The lowest BCUT2D eigenvalue weighted by atomic mass is 9.93. The highest BCUT2D eigenvalue weighted by atomic mass is 28.3. The summed E-state index contributed by atoms with van der Waals surface area (Å²) in [7, 11) is -0.337. The fourth-order valence-corrected chi connectivity index (χ4v) is 3.67. The van der Waals surface area contributed by atoms with Gasteiger partial charge < -0.3 is 4.74 Å². The van der Waals surface area contributed by atoms with Gasteiger partial charge in [0, 0.05) is 12.6 Å². The van der Waals surface area contributed by atoms with Gasteiger partial charge in [0.15, 0.2) is 0 Å². The van der Waals surface area contributed by atoms with E-state index in [1.807, 2.05) is 6.07 Å². The van der Waals surface area contributed by atoms with Crippen LogP contribution >= 0.6 is 0 Å². The second-order valence-corrected chi connectivity index (χ2v) is 12.4. The summed E-state index contributed by atoms with van der Waals surface area (Å²) in [5, 5.41) is 0. The lowest BCUT2D eigenvalue weighted by Crippen LogP contribution is -2.52. The third-order valence-corrected chi connectivity index (χ3v) is 5.25. The van der Waals surface area contributed by atoms with Crippen LogP contribution in [0.25, 0.3) is 0 Å². The average molecular weight is 399 g/mol. The summed E-state index contributed by atoms with van der Waals surface area (Å²) in [5.41, 5.74) is 4.59. The molecule has 3 amide bonds. The molecule has 28 heavy (non-hydrogen) atoms. The third-order valence-electron chi connectivity index (χ3n) is 4.32. The molecule has 0 bridgehead atoms. The number of carbonyl (C=O) groups excluding carboxylic acids is 3. The van der Waals surface area contributed by atoms with Crippen LogP contribution in [0.15, 0.2) is 41.6 Å². The second-order valence-electron chi connectivity index (χ2n) is 7.61. The van der Waals surface area contributed by atoms with Crippen LogP contribution in [-0.2, 0) is 14.3 Å². The standard InChI is InChI=1S/C21H26N2O4Si/c1-15-18(20(25)27-3)19(17-11-8-7-9-12-17)23(16(2)24)21(26)22(15)13-10-14-28(4,5)6/h7-9,11-12,19H,13H2,1-6H3. The van der Waals surface area contributed by atoms with Gasteiger partial charge in [-0.1, -0.05) is 55.9 Å². The van der Waals surface area contributed by atoms with Crippen molar-refractivity contribution in [1.29, 1.82) is 0 Å². The van der Waals surface area contributed by atoms with E-state index < -0.39 is 32.0 Å². The zero-order chi connectivity index (χ0) is 21.1. The summed E-state index contributed by atoms with van der Waals surface area (Å²) < 4.78 is 4.98. The highest BCUT2D eigenvalue weighted by Crippen LogP contribution is 2.37. The molecule has 0 aliphatic carbocycles. The number of methoxy groups -OCH3 is 1. The fourth-order valence-electron chi connectivity index (χ4n) is 3.06. The van der Waals surface area contributed by atoms with Crippen molar-refractivity contribution in [1.82, 2.24) is 9.80 Å². The van der Waals surface area contributed by atoms with Gasteiger partial charge in [-0.05, 0) is 12.5 Å². The molecular formula is C21H26N2O4Si. The predicted molar refractivity (Wildman–Crippen MR) is 110 cm³/mol. The molecule has 0 saturated heterocycles. The summed E-state index contributed by atoms with van der Waals surface area (Å²) in [5.74, 6) is 2.02. The quantitative estimate of drug-likeness (QED) is 0.445. The maximum atomic E-state index is 13.2. The van der Waals surface area contributed by atoms with Gasteiger partial charge in [0.1, 0.15) is 14.1 Å². The molecule has 1 aromatic carbocycles. The Morgan fingerprint density at radius 3 is 2.29 bits per heavy atom. The van der Waals surface area contributed by atoms with E-state index in [9.17, 15) is 14.4 Å². The van der Waals surface area contributed by atoms with E-state index in [4.69, 9.17) is 4.74 Å². The van der Waals surface area contributed by atoms with Crippen LogP contribution in [0, 0.1) is 11.5 Å². The Bertz CT molecular complexity index is 875. The second kappa shape index (κ2) is 8.44. The van der Waals surface area contributed by atoms with Crippen molar-refractivity contribution in [3.63, 3.8) is 0 Å². The summed E-state index contributed by atoms with van der Waals surface area (Å²) in [4.78, 5) is 40.7. The number of urea groups is 1. The zero-order valence-corrected chi connectivity index (χ0v) is 18.2. The molecule has 0 radical (unpaired) electrons. The number of esters is 1. The highest BCUT2D eigenvalue weighted by molar-refractivity contribution is 6.83. The molecule has 1 aromatic rings. The van der Waals surface area contributed by atoms with Crippen molar-refractivity contribution in [3.8, 4) is 11.5 Å². The topological polar surface area (TPSA) is 66.9 Å². The molecule has 0 spiro atoms. The summed E-state index contributed by atoms with van der Waals surface area (Å²) in [6.07, 6.45) is 0. The number of allylic oxidation sites excluding steroid dienone is 1. The van der Waals surface area contributed by atoms with Crippen LogP contribution in [0.3, 0.4) is 0 Å². The third kappa shape index (κ3) is 4.51. The summed E-state index contributed by atoms with van der Waals surface area (Å²) >= 11 is 0. The van der Waals surface area contributed by atoms with Crippen molar-refractivity contribution in [2.75, 3.05) is 13.7 Å². The molecule has 0 N–H and O–H groups in total. The largest absolute Gasteiger partial charge is 0.466 e. The first kappa shape index (κ1) is 21.4. The maximum Gasteiger partial charge on any atom is 0.338 e. The van der Waals surface area contributed by atoms with Crippen LogP contribution in [0.2, 0.25) is 19.6 Å². The fraction of sp³-hybridized carbons (Fsp3) is 0.381. The van der Waals surface area contributed by atoms with Crippen LogP contribution in [0.1, 0.15) is 25.5 Å². The number of carbonyl (C=O) groups is 3. The van der Waals surface area contributed by atoms with E-state index in [1.54, 1.807) is 31.2 Å². The molecule has 0 saturated carbocycles. The number of hydrogen-bond acceptors (Lipinski definition) is 4. The van der Waals surface area contributed by atoms with E-state index in [1.165, 1.54) is 18.9 Å². The van der Waals surface area contributed by atoms with Gasteiger partial charge in [0.2, 0.25) is 5.91 Å². The molecule has 7 heteroatoms. The minimum atomic E-state index is -1.62. The van der Waals surface area contributed by atoms with Gasteiger partial charge in [-0.2, -0.15) is 0 Å². The van der Waals surface area contributed by atoms with E-state index in [2.05, 4.69) is 31.1 Å². The van der Waals surface area contributed by atoms with Crippen molar-refractivity contribution in [2.45, 2.75) is 39.5 Å². The molecule has 148 valence electrons. The van der Waals surface area contributed by atoms with Crippen molar-refractivity contribution >= 4 is 26.0 Å². The van der Waals surface area contributed by atoms with Crippen molar-refractivity contribution in [2.24, 2.45) is 0 Å². The molecule has 1 heterocycles. The molecule has 0 fully saturated rings. The van der Waals surface area contributed by atoms with Gasteiger partial charge in [-0.25, -0.2) is 9.59 Å². The first-order valence-corrected chi connectivity index (χ1v) is 12.5. The number of rotatable bonds is 3. The molecule has 1 aliphatic heterocycles. The Morgan fingerprint density at radius 2 is 1.79 bits per heavy atom. The van der Waals surface area contributed by atoms with Crippen LogP contribution in [0.5, 0.6) is 0 Å². The molecule has 1 atom stereocenters. The Hall–Kier alpha value is -2.85. The lowest BCUT2D eigenvalue weighted by Gasteiger charge is -2.40. The molecule has 0 aromatic heterocycles. The SMILES string of the molecule is COC(=O)C1=C(C)N(CC#C[Si](C)(C)C)C(=O)N(C(C)=O)C1c1ccccc1. The van der Waals surface area contributed by atoms with Gasteiger partial charge in [-0.15, -0.1) is 5.54 Å². The zero-order valence-electron chi connectivity index (χ0n) is 17.2. The molecular weight excluding hydrogens is 372 g/mol. The minimum absolute atomic E-state index is 0.112. The lowest BCUT2D eigenvalue weighted by molar-refractivity contribution is -0.138. The Labute approximate surface area is 167 Å². The van der Waals surface area contributed by atoms with Gasteiger partial charge in [-0.3, -0.25) is 14.6 Å². The number of nitrogens with zero attached hydrogens (tertiary/aromatic N) is 2. The van der Waals surface area contributed by atoms with Gasteiger partial charge >= 0.3 is 12.0 Å². The number of imide groups is 1. The number of benzene rings is 1. The molecule has 1 aliphatic rings. The first-order valence-electron chi connectivity index (χ1n) is 9.04. The normalized spacial score (nSPS) is 17.2. The number of hydrogen-bond donors (Lipinski definition) is 0. The highest BCUT2D eigenvalue weighted by Gasteiger charge is 2.43. The van der Waals surface area contributed by atoms with Crippen molar-refractivity contribution < 1.29 is 19.1 Å². The number of amides is 3. The minimum Gasteiger partial charge on any atom is -0.466 e. The van der Waals surface area contributed by atoms with Gasteiger partial charge in [0.05, 0.1) is 19.2 Å². The first-order chi connectivity index (χ1) is 13.1. The van der Waals surface area contributed by atoms with Crippen molar-refractivity contribution in [3.05, 3.63) is 47.2 Å². The van der Waals surface area contributed by atoms with Crippen LogP contribution in [-0.4, -0.2) is 49.4 Å². The summed E-state index contributed by atoms with van der Waals surface area (Å²) in [6, 6.07) is 7.67. The van der Waals surface area contributed by atoms with E-state index in [0.717, 1.165) is 4.90 Å². The van der Waals surface area contributed by atoms with Gasteiger partial charge in [0.25, 0.3) is 0 Å². The Balaban J connectivity index is 2.65. The van der Waals surface area contributed by atoms with Crippen LogP contribution in [0.4, 0.5) is 4.79 Å². The smallest absolute Gasteiger partial charge is 0.338 e. The molecule has 6 nitrogen and oxygen atoms in total. The summed E-state index contributed by atoms with van der Waals surface area (Å²) in [6.45, 7) is 9.43. The Kier molecular flexibility index (Phi) is 6.47. The van der Waals surface area contributed by atoms with Crippen LogP contribution < -0.4 is 0 Å². The molecule has 1 unspecified atom stereocenters. The van der Waals surface area contributed by atoms with E-state index in [-0.39, 0.29) is 12.1 Å². The predicted octanol–water partition coefficient (Wildman–Crippen LogP) is 3.34. The van der Waals surface area contributed by atoms with E-state index in [0.29, 0.717) is 11.3 Å². The molecule has 2 rings (SSSR count).